The first kappa shape index (κ1) is 22.2. The number of aromatic nitrogens is 1. The lowest BCUT2D eigenvalue weighted by molar-refractivity contribution is -0.131. The first-order valence-corrected chi connectivity index (χ1v) is 13.7. The van der Waals surface area contributed by atoms with Crippen LogP contribution in [0.2, 0.25) is 0 Å². The van der Waals surface area contributed by atoms with E-state index < -0.39 is 11.0 Å². The molecule has 0 unspecified atom stereocenters. The Kier molecular flexibility index (Phi) is 4.47. The Hall–Kier alpha value is -3.77. The van der Waals surface area contributed by atoms with Crippen molar-refractivity contribution < 1.29 is 14.6 Å². The summed E-state index contributed by atoms with van der Waals surface area (Å²) >= 11 is 0. The average Bonchev–Trinajstić information content (AvgIpc) is 3.47. The van der Waals surface area contributed by atoms with Gasteiger partial charge in [0.15, 0.2) is 17.6 Å². The molecule has 38 heavy (non-hydrogen) atoms. The molecule has 8 rings (SSSR count). The maximum atomic E-state index is 13.9. The van der Waals surface area contributed by atoms with Gasteiger partial charge in [0.25, 0.3) is 0 Å². The van der Waals surface area contributed by atoms with Gasteiger partial charge in [-0.3, -0.25) is 4.79 Å². The number of aryl methyl sites for hydroxylation is 1. The largest absolute Gasteiger partial charge is 0.504 e. The number of benzene rings is 3. The molecule has 3 aromatic carbocycles. The smallest absolute Gasteiger partial charge is 0.220 e. The number of phenolic OH excluding ortho intramolecular Hbond substituents is 1. The van der Waals surface area contributed by atoms with Crippen LogP contribution in [0.1, 0.15) is 46.9 Å². The molecule has 2 aliphatic heterocycles. The molecule has 4 atom stereocenters. The topological polar surface area (TPSA) is 77.6 Å². The third kappa shape index (κ3) is 2.68. The number of piperidine rings is 1. The summed E-state index contributed by atoms with van der Waals surface area (Å²) in [6, 6.07) is 22.6. The lowest BCUT2D eigenvalue weighted by Crippen LogP contribution is -2.79. The Labute approximate surface area is 221 Å². The van der Waals surface area contributed by atoms with Gasteiger partial charge < -0.3 is 25.0 Å². The second-order valence-corrected chi connectivity index (χ2v) is 11.6. The fourth-order valence-corrected chi connectivity index (χ4v) is 8.34. The number of likely N-dealkylation sites (N-methyl/N-ethyl adjacent to an activating group) is 1. The molecule has 1 amide bonds. The number of carbonyl (C=O) groups is 1. The van der Waals surface area contributed by atoms with Crippen LogP contribution in [-0.2, 0) is 29.5 Å². The normalized spacial score (nSPS) is 28.4. The van der Waals surface area contributed by atoms with Crippen molar-refractivity contribution in [1.29, 1.82) is 0 Å². The fraction of sp³-hybridized carbons (Fsp3) is 0.344. The number of nitrogens with zero attached hydrogens (tertiary/aromatic N) is 1. The summed E-state index contributed by atoms with van der Waals surface area (Å²) in [6.07, 6.45) is 3.23. The summed E-state index contributed by atoms with van der Waals surface area (Å²) < 4.78 is 6.79. The van der Waals surface area contributed by atoms with Crippen LogP contribution in [0.4, 0.5) is 0 Å². The van der Waals surface area contributed by atoms with E-state index in [1.807, 2.05) is 18.2 Å². The van der Waals surface area contributed by atoms with Gasteiger partial charge >= 0.3 is 0 Å². The van der Waals surface area contributed by atoms with E-state index in [1.165, 1.54) is 22.1 Å². The molecule has 3 heterocycles. The molecule has 1 fully saturated rings. The highest BCUT2D eigenvalue weighted by Crippen LogP contribution is 2.68. The van der Waals surface area contributed by atoms with Gasteiger partial charge in [0, 0.05) is 35.3 Å². The van der Waals surface area contributed by atoms with E-state index in [-0.39, 0.29) is 23.8 Å². The van der Waals surface area contributed by atoms with Crippen LogP contribution in [0.25, 0.3) is 10.9 Å². The number of phenols is 1. The minimum atomic E-state index is -0.553. The van der Waals surface area contributed by atoms with E-state index in [0.717, 1.165) is 42.6 Å². The Morgan fingerprint density at radius 3 is 2.82 bits per heavy atom. The molecule has 2 aliphatic carbocycles. The molecule has 6 nitrogen and oxygen atoms in total. The summed E-state index contributed by atoms with van der Waals surface area (Å²) in [6.45, 7) is 0.913. The van der Waals surface area contributed by atoms with Crippen LogP contribution < -0.4 is 10.1 Å². The number of amides is 1. The molecule has 3 N–H and O–H groups in total. The number of para-hydroxylation sites is 1. The van der Waals surface area contributed by atoms with Crippen molar-refractivity contribution in [2.75, 3.05) is 13.6 Å². The van der Waals surface area contributed by atoms with E-state index in [0.29, 0.717) is 18.6 Å². The minimum Gasteiger partial charge on any atom is -0.504 e. The number of aromatic amines is 1. The molecule has 1 saturated heterocycles. The van der Waals surface area contributed by atoms with E-state index in [4.69, 9.17) is 4.74 Å². The van der Waals surface area contributed by atoms with E-state index in [1.54, 1.807) is 6.07 Å². The van der Waals surface area contributed by atoms with Gasteiger partial charge in [0.05, 0.1) is 16.6 Å². The molecular formula is C32H31N3O3. The Balaban J connectivity index is 1.33. The predicted molar refractivity (Wildman–Crippen MR) is 146 cm³/mol. The first-order valence-electron chi connectivity index (χ1n) is 13.7. The molecular weight excluding hydrogens is 474 g/mol. The molecule has 1 spiro atoms. The van der Waals surface area contributed by atoms with Crippen molar-refractivity contribution in [1.82, 2.24) is 15.2 Å². The number of carbonyl (C=O) groups excluding carboxylic acids is 1. The zero-order chi connectivity index (χ0) is 25.6. The number of fused-ring (bicyclic) bond motifs is 4. The lowest BCUT2D eigenvalue weighted by atomic mass is 9.47. The quantitative estimate of drug-likeness (QED) is 0.380. The maximum absolute atomic E-state index is 13.9. The molecule has 2 bridgehead atoms. The molecule has 4 aromatic rings. The highest BCUT2D eigenvalue weighted by atomic mass is 16.5. The third-order valence-electron chi connectivity index (χ3n) is 9.93. The van der Waals surface area contributed by atoms with Crippen molar-refractivity contribution in [3.63, 3.8) is 0 Å². The van der Waals surface area contributed by atoms with Gasteiger partial charge in [-0.1, -0.05) is 54.6 Å². The van der Waals surface area contributed by atoms with Crippen LogP contribution in [0.3, 0.4) is 0 Å². The lowest BCUT2D eigenvalue weighted by Gasteiger charge is -2.64. The number of ether oxygens (including phenoxy) is 1. The average molecular weight is 506 g/mol. The van der Waals surface area contributed by atoms with Gasteiger partial charge in [-0.15, -0.1) is 0 Å². The van der Waals surface area contributed by atoms with Crippen LogP contribution in [0, 0.1) is 0 Å². The predicted octanol–water partition coefficient (Wildman–Crippen LogP) is 4.55. The van der Waals surface area contributed by atoms with Crippen molar-refractivity contribution in [2.45, 2.75) is 55.2 Å². The van der Waals surface area contributed by atoms with Crippen LogP contribution in [0.15, 0.2) is 66.7 Å². The number of H-pyrrole nitrogens is 1. The molecule has 192 valence electrons. The van der Waals surface area contributed by atoms with Gasteiger partial charge in [-0.25, -0.2) is 0 Å². The van der Waals surface area contributed by atoms with Gasteiger partial charge in [-0.05, 0) is 61.7 Å². The third-order valence-corrected chi connectivity index (χ3v) is 9.93. The summed E-state index contributed by atoms with van der Waals surface area (Å²) in [5.74, 6) is 0.865. The molecule has 6 heteroatoms. The second-order valence-electron chi connectivity index (χ2n) is 11.6. The SMILES string of the molecule is CN1CC[C@]23c4c5ccc(O)c4O[C@H]2c2[nH]c4ccccc4c2C[C@@]3(NC(=O)CCc2ccccc2)[C@H]1C5. The summed E-state index contributed by atoms with van der Waals surface area (Å²) in [5.41, 5.74) is 5.90. The maximum Gasteiger partial charge on any atom is 0.220 e. The van der Waals surface area contributed by atoms with Gasteiger partial charge in [0.2, 0.25) is 5.91 Å². The van der Waals surface area contributed by atoms with E-state index >= 15 is 0 Å². The number of nitrogens with one attached hydrogen (secondary N) is 2. The highest BCUT2D eigenvalue weighted by Gasteiger charge is 2.73. The number of aromatic hydroxyl groups is 1. The Bertz CT molecular complexity index is 1610. The molecule has 1 aromatic heterocycles. The van der Waals surface area contributed by atoms with Gasteiger partial charge in [-0.2, -0.15) is 0 Å². The number of hydrogen-bond acceptors (Lipinski definition) is 4. The number of hydrogen-bond donors (Lipinski definition) is 3. The standard InChI is InChI=1S/C32H31N3O3/c1-35-16-15-31-27-20-12-13-24(36)29(27)38-30(31)28-22(21-9-5-6-10-23(21)33-28)18-32(31,25(35)17-20)34-26(37)14-11-19-7-3-2-4-8-19/h2-10,12-13,25,30,33,36H,11,14-18H2,1H3,(H,34,37)/t25-,30+,31+,32-/m1/s1. The van der Waals surface area contributed by atoms with Crippen LogP contribution in [0.5, 0.6) is 11.5 Å². The van der Waals surface area contributed by atoms with E-state index in [2.05, 4.69) is 64.7 Å². The fourth-order valence-electron chi connectivity index (χ4n) is 8.34. The minimum absolute atomic E-state index is 0.0765. The summed E-state index contributed by atoms with van der Waals surface area (Å²) in [4.78, 5) is 20.0. The van der Waals surface area contributed by atoms with Crippen LogP contribution in [-0.4, -0.2) is 46.1 Å². The van der Waals surface area contributed by atoms with Crippen molar-refractivity contribution in [3.8, 4) is 11.5 Å². The summed E-state index contributed by atoms with van der Waals surface area (Å²) in [7, 11) is 2.19. The zero-order valence-corrected chi connectivity index (χ0v) is 21.5. The Morgan fingerprint density at radius 2 is 1.95 bits per heavy atom. The number of rotatable bonds is 4. The molecule has 0 radical (unpaired) electrons. The second kappa shape index (κ2) is 7.64. The molecule has 0 saturated carbocycles. The molecule has 4 aliphatic rings. The number of likely N-dealkylation sites (tertiary alicyclic amines) is 1. The highest BCUT2D eigenvalue weighted by molar-refractivity contribution is 5.87. The van der Waals surface area contributed by atoms with Gasteiger partial charge in [0.1, 0.15) is 0 Å². The first-order chi connectivity index (χ1) is 18.5. The van der Waals surface area contributed by atoms with E-state index in [9.17, 15) is 9.90 Å². The zero-order valence-electron chi connectivity index (χ0n) is 21.5. The van der Waals surface area contributed by atoms with Crippen molar-refractivity contribution in [2.24, 2.45) is 0 Å². The van der Waals surface area contributed by atoms with Crippen molar-refractivity contribution >= 4 is 16.8 Å². The Morgan fingerprint density at radius 1 is 1.13 bits per heavy atom. The van der Waals surface area contributed by atoms with Crippen molar-refractivity contribution in [3.05, 3.63) is 94.7 Å². The monoisotopic (exact) mass is 505 g/mol. The summed E-state index contributed by atoms with van der Waals surface area (Å²) in [5, 5.41) is 15.9. The van der Waals surface area contributed by atoms with Crippen LogP contribution >= 0.6 is 0 Å².